The molecule has 0 aliphatic carbocycles. The van der Waals surface area contributed by atoms with Crippen LogP contribution in [0.5, 0.6) is 0 Å². The van der Waals surface area contributed by atoms with Gasteiger partial charge in [-0.1, -0.05) is 42.0 Å². The number of amides is 3. The van der Waals surface area contributed by atoms with Crippen LogP contribution < -0.4 is 5.32 Å². The highest BCUT2D eigenvalue weighted by atomic mass is 32.1. The molecule has 4 rings (SSSR count). The zero-order valence-electron chi connectivity index (χ0n) is 15.1. The third-order valence-electron chi connectivity index (χ3n) is 4.54. The zero-order chi connectivity index (χ0) is 19.7. The Morgan fingerprint density at radius 2 is 1.68 bits per heavy atom. The molecule has 2 aromatic carbocycles. The summed E-state index contributed by atoms with van der Waals surface area (Å²) in [5.74, 6) is -1.00. The summed E-state index contributed by atoms with van der Waals surface area (Å²) in [5, 5.41) is 5.11. The summed E-state index contributed by atoms with van der Waals surface area (Å²) in [6, 6.07) is 14.7. The lowest BCUT2D eigenvalue weighted by Crippen LogP contribution is -2.32. The summed E-state index contributed by atoms with van der Waals surface area (Å²) in [7, 11) is 0. The van der Waals surface area contributed by atoms with Crippen LogP contribution in [0.15, 0.2) is 53.9 Å². The van der Waals surface area contributed by atoms with Crippen molar-refractivity contribution in [1.82, 2.24) is 9.88 Å². The molecule has 1 aliphatic heterocycles. The van der Waals surface area contributed by atoms with Crippen molar-refractivity contribution < 1.29 is 14.4 Å². The van der Waals surface area contributed by atoms with Crippen molar-refractivity contribution in [3.8, 4) is 11.3 Å². The molecule has 0 atom stereocenters. The number of hydrogen-bond acceptors (Lipinski definition) is 5. The Labute approximate surface area is 165 Å². The van der Waals surface area contributed by atoms with Crippen LogP contribution in [0.25, 0.3) is 11.3 Å². The Morgan fingerprint density at radius 3 is 2.32 bits per heavy atom. The van der Waals surface area contributed by atoms with Crippen LogP contribution in [0.4, 0.5) is 5.13 Å². The number of imide groups is 1. The lowest BCUT2D eigenvalue weighted by atomic mass is 10.1. The van der Waals surface area contributed by atoms with Crippen LogP contribution in [0.1, 0.15) is 32.7 Å². The number of aromatic nitrogens is 1. The van der Waals surface area contributed by atoms with Crippen molar-refractivity contribution in [2.45, 2.75) is 13.3 Å². The minimum absolute atomic E-state index is 0.0188. The van der Waals surface area contributed by atoms with E-state index in [4.69, 9.17) is 0 Å². The molecule has 3 amide bonds. The molecule has 0 spiro atoms. The van der Waals surface area contributed by atoms with Crippen molar-refractivity contribution in [2.24, 2.45) is 0 Å². The number of nitrogens with zero attached hydrogens (tertiary/aromatic N) is 2. The molecule has 7 heteroatoms. The van der Waals surface area contributed by atoms with E-state index in [1.807, 2.05) is 36.6 Å². The van der Waals surface area contributed by atoms with E-state index in [0.717, 1.165) is 16.2 Å². The molecule has 0 radical (unpaired) electrons. The summed E-state index contributed by atoms with van der Waals surface area (Å²) in [5.41, 5.74) is 3.71. The van der Waals surface area contributed by atoms with Crippen LogP contribution in [0, 0.1) is 6.92 Å². The molecule has 0 saturated heterocycles. The highest BCUT2D eigenvalue weighted by molar-refractivity contribution is 7.14. The SMILES string of the molecule is Cc1ccc(-c2csc(NC(=O)CCN3C(=O)c4ccccc4C3=O)n2)cc1. The molecule has 0 unspecified atom stereocenters. The molecule has 28 heavy (non-hydrogen) atoms. The largest absolute Gasteiger partial charge is 0.302 e. The average Bonchev–Trinajstić information content (AvgIpc) is 3.25. The van der Waals surface area contributed by atoms with E-state index in [1.54, 1.807) is 24.3 Å². The topological polar surface area (TPSA) is 79.4 Å². The van der Waals surface area contributed by atoms with Gasteiger partial charge in [0.05, 0.1) is 16.8 Å². The van der Waals surface area contributed by atoms with Gasteiger partial charge in [-0.3, -0.25) is 19.3 Å². The van der Waals surface area contributed by atoms with E-state index in [2.05, 4.69) is 10.3 Å². The highest BCUT2D eigenvalue weighted by Gasteiger charge is 2.34. The van der Waals surface area contributed by atoms with Crippen LogP contribution in [0.2, 0.25) is 0 Å². The van der Waals surface area contributed by atoms with E-state index >= 15 is 0 Å². The molecule has 3 aromatic rings. The van der Waals surface area contributed by atoms with Crippen LogP contribution in [-0.4, -0.2) is 34.2 Å². The van der Waals surface area contributed by atoms with Gasteiger partial charge in [0.25, 0.3) is 11.8 Å². The minimum Gasteiger partial charge on any atom is -0.302 e. The maximum atomic E-state index is 12.3. The minimum atomic E-state index is -0.357. The second-order valence-electron chi connectivity index (χ2n) is 6.51. The normalized spacial score (nSPS) is 13.0. The molecular weight excluding hydrogens is 374 g/mol. The zero-order valence-corrected chi connectivity index (χ0v) is 16.0. The fourth-order valence-corrected chi connectivity index (χ4v) is 3.76. The van der Waals surface area contributed by atoms with Crippen molar-refractivity contribution in [1.29, 1.82) is 0 Å². The summed E-state index contributed by atoms with van der Waals surface area (Å²) < 4.78 is 0. The standard InChI is InChI=1S/C21H17N3O3S/c1-13-6-8-14(9-7-13)17-12-28-21(22-17)23-18(25)10-11-24-19(26)15-4-2-3-5-16(15)20(24)27/h2-9,12H,10-11H2,1H3,(H,22,23,25). The summed E-state index contributed by atoms with van der Waals surface area (Å²) >= 11 is 1.34. The fourth-order valence-electron chi connectivity index (χ4n) is 3.03. The number of rotatable bonds is 5. The van der Waals surface area contributed by atoms with Crippen molar-refractivity contribution in [3.63, 3.8) is 0 Å². The third-order valence-corrected chi connectivity index (χ3v) is 5.30. The second kappa shape index (κ2) is 7.36. The first kappa shape index (κ1) is 18.1. The summed E-state index contributed by atoms with van der Waals surface area (Å²) in [6.45, 7) is 2.05. The quantitative estimate of drug-likeness (QED) is 0.672. The average molecular weight is 391 g/mol. The Morgan fingerprint density at radius 1 is 1.04 bits per heavy atom. The number of benzene rings is 2. The van der Waals surface area contributed by atoms with Gasteiger partial charge >= 0.3 is 0 Å². The Kier molecular flexibility index (Phi) is 4.75. The van der Waals surface area contributed by atoms with Gasteiger partial charge in [-0.05, 0) is 19.1 Å². The Balaban J connectivity index is 1.36. The first-order chi connectivity index (χ1) is 13.5. The molecule has 140 valence electrons. The van der Waals surface area contributed by atoms with E-state index in [-0.39, 0.29) is 30.7 Å². The number of carbonyl (C=O) groups excluding carboxylic acids is 3. The van der Waals surface area contributed by atoms with E-state index < -0.39 is 0 Å². The first-order valence-electron chi connectivity index (χ1n) is 8.80. The third kappa shape index (κ3) is 3.44. The van der Waals surface area contributed by atoms with Crippen molar-refractivity contribution in [3.05, 3.63) is 70.6 Å². The van der Waals surface area contributed by atoms with Gasteiger partial charge in [0.2, 0.25) is 5.91 Å². The van der Waals surface area contributed by atoms with Gasteiger partial charge in [-0.25, -0.2) is 4.98 Å². The van der Waals surface area contributed by atoms with Crippen molar-refractivity contribution >= 4 is 34.2 Å². The number of anilines is 1. The van der Waals surface area contributed by atoms with Gasteiger partial charge in [0, 0.05) is 23.9 Å². The Hall–Kier alpha value is -3.32. The van der Waals surface area contributed by atoms with Gasteiger partial charge in [0.15, 0.2) is 5.13 Å². The lowest BCUT2D eigenvalue weighted by Gasteiger charge is -2.12. The van der Waals surface area contributed by atoms with E-state index in [1.165, 1.54) is 16.9 Å². The number of carbonyl (C=O) groups is 3. The van der Waals surface area contributed by atoms with Crippen LogP contribution >= 0.6 is 11.3 Å². The number of aryl methyl sites for hydroxylation is 1. The summed E-state index contributed by atoms with van der Waals surface area (Å²) in [4.78, 5) is 42.4. The fraction of sp³-hybridized carbons (Fsp3) is 0.143. The summed E-state index contributed by atoms with van der Waals surface area (Å²) in [6.07, 6.45) is 0.0188. The molecule has 0 saturated carbocycles. The molecule has 0 fully saturated rings. The van der Waals surface area contributed by atoms with Gasteiger partial charge in [-0.15, -0.1) is 11.3 Å². The van der Waals surface area contributed by atoms with Gasteiger partial charge < -0.3 is 5.32 Å². The maximum Gasteiger partial charge on any atom is 0.261 e. The molecular formula is C21H17N3O3S. The van der Waals surface area contributed by atoms with E-state index in [0.29, 0.717) is 16.3 Å². The molecule has 1 aromatic heterocycles. The second-order valence-corrected chi connectivity index (χ2v) is 7.37. The molecule has 2 heterocycles. The molecule has 6 nitrogen and oxygen atoms in total. The maximum absolute atomic E-state index is 12.3. The van der Waals surface area contributed by atoms with E-state index in [9.17, 15) is 14.4 Å². The molecule has 1 aliphatic rings. The predicted molar refractivity (Wildman–Crippen MR) is 107 cm³/mol. The first-order valence-corrected chi connectivity index (χ1v) is 9.68. The van der Waals surface area contributed by atoms with Gasteiger partial charge in [0.1, 0.15) is 0 Å². The highest BCUT2D eigenvalue weighted by Crippen LogP contribution is 2.26. The number of nitrogens with one attached hydrogen (secondary N) is 1. The molecule has 0 bridgehead atoms. The van der Waals surface area contributed by atoms with Gasteiger partial charge in [-0.2, -0.15) is 0 Å². The molecule has 1 N–H and O–H groups in total. The van der Waals surface area contributed by atoms with Crippen LogP contribution in [-0.2, 0) is 4.79 Å². The monoisotopic (exact) mass is 391 g/mol. The Bertz CT molecular complexity index is 1040. The number of hydrogen-bond donors (Lipinski definition) is 1. The predicted octanol–water partition coefficient (Wildman–Crippen LogP) is 3.74. The number of thiazole rings is 1. The smallest absolute Gasteiger partial charge is 0.261 e. The van der Waals surface area contributed by atoms with Crippen molar-refractivity contribution in [2.75, 3.05) is 11.9 Å². The lowest BCUT2D eigenvalue weighted by molar-refractivity contribution is -0.116. The van der Waals surface area contributed by atoms with Crippen LogP contribution in [0.3, 0.4) is 0 Å². The number of fused-ring (bicyclic) bond motifs is 1.